The second kappa shape index (κ2) is 11.3. The lowest BCUT2D eigenvalue weighted by atomic mass is 10.1. The Morgan fingerprint density at radius 1 is 1.06 bits per heavy atom. The molecule has 0 rings (SSSR count). The molecule has 0 saturated carbocycles. The van der Waals surface area contributed by atoms with Gasteiger partial charge in [0.1, 0.15) is 5.38 Å². The van der Waals surface area contributed by atoms with Crippen LogP contribution in [-0.2, 0) is 9.53 Å². The van der Waals surface area contributed by atoms with E-state index in [4.69, 9.17) is 16.3 Å². The van der Waals surface area contributed by atoms with Gasteiger partial charge in [-0.2, -0.15) is 0 Å². The summed E-state index contributed by atoms with van der Waals surface area (Å²) in [4.78, 5) is 11.0. The molecule has 0 aromatic heterocycles. The lowest BCUT2D eigenvalue weighted by Crippen LogP contribution is -2.14. The Bertz CT molecular complexity index is 169. The predicted molar refractivity (Wildman–Crippen MR) is 68.9 cm³/mol. The fourth-order valence-corrected chi connectivity index (χ4v) is 1.59. The molecule has 0 aliphatic heterocycles. The van der Waals surface area contributed by atoms with Gasteiger partial charge in [-0.15, -0.1) is 11.6 Å². The van der Waals surface area contributed by atoms with Crippen LogP contribution in [0.2, 0.25) is 0 Å². The molecule has 1 atom stereocenters. The van der Waals surface area contributed by atoms with Gasteiger partial charge in [-0.05, 0) is 13.3 Å². The van der Waals surface area contributed by atoms with Gasteiger partial charge in [-0.1, -0.05) is 51.9 Å². The van der Waals surface area contributed by atoms with E-state index in [1.807, 2.05) is 0 Å². The maximum Gasteiger partial charge on any atom is 0.323 e. The molecule has 0 radical (unpaired) electrons. The third kappa shape index (κ3) is 10.3. The first-order valence-corrected chi connectivity index (χ1v) is 6.92. The molecule has 16 heavy (non-hydrogen) atoms. The zero-order valence-electron chi connectivity index (χ0n) is 10.6. The zero-order valence-corrected chi connectivity index (χ0v) is 11.4. The lowest BCUT2D eigenvalue weighted by molar-refractivity contribution is -0.142. The highest BCUT2D eigenvalue weighted by molar-refractivity contribution is 6.29. The topological polar surface area (TPSA) is 26.3 Å². The van der Waals surface area contributed by atoms with Crippen molar-refractivity contribution in [3.8, 4) is 0 Å². The van der Waals surface area contributed by atoms with Crippen LogP contribution in [0.25, 0.3) is 0 Å². The number of unbranched alkanes of at least 4 members (excludes halogenated alkanes) is 7. The standard InChI is InChI=1S/C13H25ClO2/c1-3-4-5-6-7-8-9-10-11-16-13(15)12(2)14/h12H,3-11H2,1-2H3. The van der Waals surface area contributed by atoms with Crippen LogP contribution in [-0.4, -0.2) is 18.0 Å². The lowest BCUT2D eigenvalue weighted by Gasteiger charge is -2.05. The second-order valence-corrected chi connectivity index (χ2v) is 4.91. The van der Waals surface area contributed by atoms with Crippen LogP contribution in [0.4, 0.5) is 0 Å². The van der Waals surface area contributed by atoms with Crippen LogP contribution in [0, 0.1) is 0 Å². The van der Waals surface area contributed by atoms with Gasteiger partial charge in [-0.25, -0.2) is 0 Å². The van der Waals surface area contributed by atoms with Crippen LogP contribution in [0.15, 0.2) is 0 Å². The third-order valence-electron chi connectivity index (χ3n) is 2.57. The maximum absolute atomic E-state index is 11.0. The van der Waals surface area contributed by atoms with E-state index in [0.717, 1.165) is 12.8 Å². The number of alkyl halides is 1. The van der Waals surface area contributed by atoms with E-state index >= 15 is 0 Å². The monoisotopic (exact) mass is 248 g/mol. The first kappa shape index (κ1) is 15.8. The molecule has 3 heteroatoms. The van der Waals surface area contributed by atoms with E-state index in [2.05, 4.69) is 6.92 Å². The zero-order chi connectivity index (χ0) is 12.2. The molecule has 1 unspecified atom stereocenters. The molecule has 96 valence electrons. The van der Waals surface area contributed by atoms with Crippen molar-refractivity contribution in [3.63, 3.8) is 0 Å². The number of carbonyl (C=O) groups excluding carboxylic acids is 1. The van der Waals surface area contributed by atoms with Crippen LogP contribution in [0.1, 0.15) is 65.2 Å². The van der Waals surface area contributed by atoms with Crippen LogP contribution >= 0.6 is 11.6 Å². The minimum atomic E-state index is -0.519. The Morgan fingerprint density at radius 3 is 2.06 bits per heavy atom. The van der Waals surface area contributed by atoms with Gasteiger partial charge in [-0.3, -0.25) is 4.79 Å². The number of halogens is 1. The summed E-state index contributed by atoms with van der Waals surface area (Å²) in [5.41, 5.74) is 0. The summed E-state index contributed by atoms with van der Waals surface area (Å²) in [7, 11) is 0. The highest BCUT2D eigenvalue weighted by Gasteiger charge is 2.09. The van der Waals surface area contributed by atoms with Crippen molar-refractivity contribution in [1.82, 2.24) is 0 Å². The Labute approximate surface area is 105 Å². The van der Waals surface area contributed by atoms with Gasteiger partial charge in [0.25, 0.3) is 0 Å². The summed E-state index contributed by atoms with van der Waals surface area (Å²) in [6.07, 6.45) is 10.0. The van der Waals surface area contributed by atoms with Gasteiger partial charge in [0.15, 0.2) is 0 Å². The maximum atomic E-state index is 11.0. The fourth-order valence-electron chi connectivity index (χ4n) is 1.52. The van der Waals surface area contributed by atoms with E-state index in [-0.39, 0.29) is 5.97 Å². The summed E-state index contributed by atoms with van der Waals surface area (Å²) >= 11 is 5.56. The molecule has 0 saturated heterocycles. The number of ether oxygens (including phenoxy) is 1. The number of esters is 1. The first-order valence-electron chi connectivity index (χ1n) is 6.49. The number of carbonyl (C=O) groups is 1. The van der Waals surface area contributed by atoms with E-state index in [1.165, 1.54) is 38.5 Å². The number of hydrogen-bond donors (Lipinski definition) is 0. The second-order valence-electron chi connectivity index (χ2n) is 4.26. The highest BCUT2D eigenvalue weighted by atomic mass is 35.5. The molecule has 0 fully saturated rings. The predicted octanol–water partition coefficient (Wildman–Crippen LogP) is 4.30. The fraction of sp³-hybridized carbons (Fsp3) is 0.923. The van der Waals surface area contributed by atoms with Gasteiger partial charge >= 0.3 is 5.97 Å². The SMILES string of the molecule is CCCCCCCCCCOC(=O)C(C)Cl. The van der Waals surface area contributed by atoms with E-state index in [1.54, 1.807) is 6.92 Å². The van der Waals surface area contributed by atoms with Crippen molar-refractivity contribution in [2.24, 2.45) is 0 Å². The quantitative estimate of drug-likeness (QED) is 0.327. The van der Waals surface area contributed by atoms with Gasteiger partial charge < -0.3 is 4.74 Å². The first-order chi connectivity index (χ1) is 7.68. The average molecular weight is 249 g/mol. The smallest absolute Gasteiger partial charge is 0.323 e. The Balaban J connectivity index is 3.07. The van der Waals surface area contributed by atoms with Crippen molar-refractivity contribution in [3.05, 3.63) is 0 Å². The Morgan fingerprint density at radius 2 is 1.56 bits per heavy atom. The van der Waals surface area contributed by atoms with Gasteiger partial charge in [0.05, 0.1) is 6.61 Å². The largest absolute Gasteiger partial charge is 0.465 e. The molecule has 0 aromatic rings. The molecule has 0 aromatic carbocycles. The average Bonchev–Trinajstić information content (AvgIpc) is 2.26. The molecule has 0 aliphatic carbocycles. The van der Waals surface area contributed by atoms with E-state index in [0.29, 0.717) is 6.61 Å². The van der Waals surface area contributed by atoms with Crippen molar-refractivity contribution in [2.75, 3.05) is 6.61 Å². The van der Waals surface area contributed by atoms with Gasteiger partial charge in [0.2, 0.25) is 0 Å². The molecule has 0 heterocycles. The summed E-state index contributed by atoms with van der Waals surface area (Å²) in [6, 6.07) is 0. The van der Waals surface area contributed by atoms with E-state index in [9.17, 15) is 4.79 Å². The molecule has 0 amide bonds. The molecule has 0 N–H and O–H groups in total. The van der Waals surface area contributed by atoms with Crippen molar-refractivity contribution in [2.45, 2.75) is 70.6 Å². The summed E-state index contributed by atoms with van der Waals surface area (Å²) in [5, 5.41) is -0.519. The Kier molecular flexibility index (Phi) is 11.1. The number of hydrogen-bond acceptors (Lipinski definition) is 2. The summed E-state index contributed by atoms with van der Waals surface area (Å²) < 4.78 is 4.98. The summed E-state index contributed by atoms with van der Waals surface area (Å²) in [5.74, 6) is -0.301. The van der Waals surface area contributed by atoms with E-state index < -0.39 is 5.38 Å². The molecular formula is C13H25ClO2. The summed E-state index contributed by atoms with van der Waals surface area (Å²) in [6.45, 7) is 4.38. The van der Waals surface area contributed by atoms with Crippen LogP contribution < -0.4 is 0 Å². The minimum absolute atomic E-state index is 0.301. The molecule has 0 spiro atoms. The molecule has 0 aliphatic rings. The minimum Gasteiger partial charge on any atom is -0.465 e. The molecular weight excluding hydrogens is 224 g/mol. The van der Waals surface area contributed by atoms with Crippen molar-refractivity contribution < 1.29 is 9.53 Å². The third-order valence-corrected chi connectivity index (χ3v) is 2.75. The van der Waals surface area contributed by atoms with Crippen LogP contribution in [0.5, 0.6) is 0 Å². The Hall–Kier alpha value is -0.240. The normalized spacial score (nSPS) is 12.4. The highest BCUT2D eigenvalue weighted by Crippen LogP contribution is 2.08. The molecule has 0 bridgehead atoms. The van der Waals surface area contributed by atoms with Crippen molar-refractivity contribution >= 4 is 17.6 Å². The number of rotatable bonds is 10. The van der Waals surface area contributed by atoms with Gasteiger partial charge in [0, 0.05) is 0 Å². The molecule has 2 nitrogen and oxygen atoms in total. The van der Waals surface area contributed by atoms with Crippen LogP contribution in [0.3, 0.4) is 0 Å². The van der Waals surface area contributed by atoms with Crippen molar-refractivity contribution in [1.29, 1.82) is 0 Å².